The summed E-state index contributed by atoms with van der Waals surface area (Å²) < 4.78 is 9.63. The summed E-state index contributed by atoms with van der Waals surface area (Å²) in [5.74, 6) is 1.65. The monoisotopic (exact) mass is 216 g/mol. The fourth-order valence-electron chi connectivity index (χ4n) is 0.156. The molecule has 0 unspecified atom stereocenters. The fourth-order valence-corrected chi connectivity index (χ4v) is 0.827. The Hall–Kier alpha value is 0.777. The van der Waals surface area contributed by atoms with Gasteiger partial charge in [-0.05, 0) is 18.7 Å². The predicted molar refractivity (Wildman–Crippen MR) is 56.2 cm³/mol. The quantitative estimate of drug-likeness (QED) is 0.438. The van der Waals surface area contributed by atoms with E-state index in [1.165, 1.54) is 0 Å². The number of rotatable bonds is 4. The largest absolute Gasteiger partial charge is 0.400 e. The Morgan fingerprint density at radius 1 is 1.36 bits per heavy atom. The van der Waals surface area contributed by atoms with Gasteiger partial charge in [0.25, 0.3) is 0 Å². The lowest BCUT2D eigenvalue weighted by Gasteiger charge is -2.00. The van der Waals surface area contributed by atoms with Crippen LogP contribution in [0.2, 0.25) is 6.55 Å². The van der Waals surface area contributed by atoms with Crippen LogP contribution in [0.4, 0.5) is 0 Å². The zero-order valence-corrected chi connectivity index (χ0v) is 10.1. The third-order valence-electron chi connectivity index (χ3n) is 0.956. The number of alkyl halides is 1. The normalized spacial score (nSPS) is 9.27. The van der Waals surface area contributed by atoms with E-state index in [-0.39, 0.29) is 0 Å². The van der Waals surface area contributed by atoms with E-state index in [1.807, 2.05) is 6.55 Å². The summed E-state index contributed by atoms with van der Waals surface area (Å²) in [4.78, 5) is 0. The number of thiol groups is 1. The van der Waals surface area contributed by atoms with Gasteiger partial charge in [0.05, 0.1) is 0 Å². The molecule has 0 aromatic carbocycles. The lowest BCUT2D eigenvalue weighted by Crippen LogP contribution is -2.12. The Bertz CT molecular complexity index is 62.5. The van der Waals surface area contributed by atoms with Gasteiger partial charge in [-0.25, -0.2) is 0 Å². The summed E-state index contributed by atoms with van der Waals surface area (Å²) in [6, 6.07) is 0. The van der Waals surface area contributed by atoms with Crippen LogP contribution in [0.1, 0.15) is 6.42 Å². The van der Waals surface area contributed by atoms with Crippen LogP contribution in [0, 0.1) is 0 Å². The van der Waals surface area contributed by atoms with E-state index in [4.69, 9.17) is 20.5 Å². The minimum Gasteiger partial charge on any atom is -0.400 e. The van der Waals surface area contributed by atoms with Crippen molar-refractivity contribution in [3.63, 3.8) is 0 Å². The summed E-state index contributed by atoms with van der Waals surface area (Å²) in [5, 5.41) is 0. The summed E-state index contributed by atoms with van der Waals surface area (Å²) in [6.45, 7) is 1.97. The molecule has 0 aromatic heterocycles. The van der Waals surface area contributed by atoms with E-state index in [1.54, 1.807) is 14.2 Å². The van der Waals surface area contributed by atoms with Crippen molar-refractivity contribution < 1.29 is 8.85 Å². The maximum Gasteiger partial charge on any atom is 0.317 e. The van der Waals surface area contributed by atoms with Crippen molar-refractivity contribution in [2.75, 3.05) is 25.9 Å². The molecule has 11 heavy (non-hydrogen) atoms. The van der Waals surface area contributed by atoms with Crippen LogP contribution >= 0.6 is 24.2 Å². The molecule has 0 aliphatic carbocycles. The molecule has 0 saturated heterocycles. The first-order valence-electron chi connectivity index (χ1n) is 3.45. The van der Waals surface area contributed by atoms with E-state index in [0.717, 1.165) is 18.1 Å². The van der Waals surface area contributed by atoms with Gasteiger partial charge in [0.15, 0.2) is 0 Å². The molecule has 0 fully saturated rings. The highest BCUT2D eigenvalue weighted by atomic mass is 35.5. The maximum atomic E-state index is 5.25. The van der Waals surface area contributed by atoms with Crippen LogP contribution in [0.3, 0.4) is 0 Å². The van der Waals surface area contributed by atoms with Gasteiger partial charge < -0.3 is 8.85 Å². The summed E-state index contributed by atoms with van der Waals surface area (Å²) in [5.41, 5.74) is 0. The molecule has 0 radical (unpaired) electrons. The molecule has 0 aliphatic rings. The molecular formula is C6H17ClO2SSi. The topological polar surface area (TPSA) is 18.5 Å². The Morgan fingerprint density at radius 2 is 1.82 bits per heavy atom. The first kappa shape index (κ1) is 14.3. The average molecular weight is 217 g/mol. The van der Waals surface area contributed by atoms with E-state index >= 15 is 0 Å². The van der Waals surface area contributed by atoms with Crippen LogP contribution in [0.5, 0.6) is 0 Å². The zero-order valence-electron chi connectivity index (χ0n) is 7.34. The summed E-state index contributed by atoms with van der Waals surface area (Å²) >= 11 is 9.17. The highest BCUT2D eigenvalue weighted by Crippen LogP contribution is 1.84. The highest BCUT2D eigenvalue weighted by Gasteiger charge is 1.94. The van der Waals surface area contributed by atoms with Gasteiger partial charge in [-0.15, -0.1) is 11.6 Å². The van der Waals surface area contributed by atoms with Gasteiger partial charge in [-0.1, -0.05) is 0 Å². The Balaban J connectivity index is 0. The molecule has 0 spiro atoms. The summed E-state index contributed by atoms with van der Waals surface area (Å²) in [6.07, 6.45) is 1.02. The van der Waals surface area contributed by atoms with Crippen molar-refractivity contribution in [1.82, 2.24) is 0 Å². The fraction of sp³-hybridized carbons (Fsp3) is 1.00. The molecule has 70 valence electrons. The first-order chi connectivity index (χ1) is 5.22. The average Bonchev–Trinajstić information content (AvgIpc) is 2.06. The second-order valence-electron chi connectivity index (χ2n) is 1.81. The predicted octanol–water partition coefficient (Wildman–Crippen LogP) is 1.67. The Labute approximate surface area is 81.5 Å². The van der Waals surface area contributed by atoms with Gasteiger partial charge in [0, 0.05) is 20.1 Å². The van der Waals surface area contributed by atoms with Gasteiger partial charge in [0.1, 0.15) is 0 Å². The lowest BCUT2D eigenvalue weighted by atomic mass is 10.6. The van der Waals surface area contributed by atoms with Gasteiger partial charge in [0.2, 0.25) is 0 Å². The minimum atomic E-state index is -1.16. The molecule has 0 heterocycles. The SMILES string of the molecule is CO[SiH](C)OC.SCCCCl. The van der Waals surface area contributed by atoms with E-state index < -0.39 is 9.28 Å². The minimum absolute atomic E-state index is 0.740. The third kappa shape index (κ3) is 18.1. The molecule has 0 aromatic rings. The van der Waals surface area contributed by atoms with Crippen LogP contribution in [-0.4, -0.2) is 35.1 Å². The van der Waals surface area contributed by atoms with Crippen molar-refractivity contribution in [1.29, 1.82) is 0 Å². The van der Waals surface area contributed by atoms with Crippen LogP contribution in [0.25, 0.3) is 0 Å². The van der Waals surface area contributed by atoms with E-state index in [9.17, 15) is 0 Å². The third-order valence-corrected chi connectivity index (χ3v) is 2.87. The highest BCUT2D eigenvalue weighted by molar-refractivity contribution is 7.80. The maximum absolute atomic E-state index is 5.25. The second-order valence-corrected chi connectivity index (χ2v) is 4.71. The molecule has 5 heteroatoms. The number of hydrogen-bond acceptors (Lipinski definition) is 3. The molecule has 0 amide bonds. The smallest absolute Gasteiger partial charge is 0.317 e. The standard InChI is InChI=1S/C3H7ClS.C3H10O2Si/c4-2-1-3-5;1-4-6(3)5-2/h5H,1-3H2;6H,1-3H3. The van der Waals surface area contributed by atoms with Gasteiger partial charge in [-0.3, -0.25) is 0 Å². The molecule has 0 rings (SSSR count). The van der Waals surface area contributed by atoms with Crippen molar-refractivity contribution in [3.8, 4) is 0 Å². The molecule has 2 nitrogen and oxygen atoms in total. The molecule has 0 N–H and O–H groups in total. The molecule has 0 aliphatic heterocycles. The van der Waals surface area contributed by atoms with Crippen LogP contribution in [0.15, 0.2) is 0 Å². The van der Waals surface area contributed by atoms with Gasteiger partial charge in [-0.2, -0.15) is 12.6 Å². The van der Waals surface area contributed by atoms with E-state index in [2.05, 4.69) is 12.6 Å². The second kappa shape index (κ2) is 13.4. The summed E-state index contributed by atoms with van der Waals surface area (Å²) in [7, 11) is 2.17. The van der Waals surface area contributed by atoms with Crippen molar-refractivity contribution in [2.45, 2.75) is 13.0 Å². The molecule has 0 atom stereocenters. The number of halogens is 1. The lowest BCUT2D eigenvalue weighted by molar-refractivity contribution is 0.285. The number of hydrogen-bond donors (Lipinski definition) is 1. The van der Waals surface area contributed by atoms with Crippen molar-refractivity contribution in [2.24, 2.45) is 0 Å². The van der Waals surface area contributed by atoms with E-state index in [0.29, 0.717) is 0 Å². The van der Waals surface area contributed by atoms with Crippen molar-refractivity contribution >= 4 is 33.5 Å². The van der Waals surface area contributed by atoms with Crippen LogP contribution < -0.4 is 0 Å². The van der Waals surface area contributed by atoms with Gasteiger partial charge >= 0.3 is 9.28 Å². The molecule has 0 bridgehead atoms. The van der Waals surface area contributed by atoms with Crippen LogP contribution in [-0.2, 0) is 8.85 Å². The zero-order chi connectivity index (χ0) is 9.11. The molecule has 0 saturated carbocycles. The Morgan fingerprint density at radius 3 is 1.82 bits per heavy atom. The van der Waals surface area contributed by atoms with Crippen molar-refractivity contribution in [3.05, 3.63) is 0 Å². The molecular weight excluding hydrogens is 200 g/mol. The Kier molecular flexibility index (Phi) is 17.4. The first-order valence-corrected chi connectivity index (χ1v) is 6.71.